The van der Waals surface area contributed by atoms with Crippen molar-refractivity contribution in [2.45, 2.75) is 6.54 Å². The Balaban J connectivity index is 1.83. The van der Waals surface area contributed by atoms with Crippen LogP contribution >= 0.6 is 0 Å². The Morgan fingerprint density at radius 1 is 1.05 bits per heavy atom. The lowest BCUT2D eigenvalue weighted by atomic mass is 10.2. The minimum absolute atomic E-state index is 0.0891. The van der Waals surface area contributed by atoms with Crippen LogP contribution in [0.2, 0.25) is 0 Å². The number of carbonyl (C=O) groups excluding carboxylic acids is 1. The van der Waals surface area contributed by atoms with E-state index in [1.54, 1.807) is 14.2 Å². The van der Waals surface area contributed by atoms with Gasteiger partial charge in [-0.15, -0.1) is 0 Å². The number of carbonyl (C=O) groups is 1. The maximum atomic E-state index is 11.9. The predicted octanol–water partition coefficient (Wildman–Crippen LogP) is 2.43. The third-order valence-electron chi connectivity index (χ3n) is 3.19. The summed E-state index contributed by atoms with van der Waals surface area (Å²) in [6, 6.07) is 15.1. The average molecular weight is 300 g/mol. The third-order valence-corrected chi connectivity index (χ3v) is 3.19. The Bertz CT molecular complexity index is 629. The molecule has 2 N–H and O–H groups in total. The second-order valence-corrected chi connectivity index (χ2v) is 4.67. The Kier molecular flexibility index (Phi) is 5.65. The van der Waals surface area contributed by atoms with Crippen molar-refractivity contribution in [3.8, 4) is 11.5 Å². The van der Waals surface area contributed by atoms with Crippen LogP contribution in [-0.4, -0.2) is 26.7 Å². The van der Waals surface area contributed by atoms with E-state index >= 15 is 0 Å². The van der Waals surface area contributed by atoms with Crippen LogP contribution in [-0.2, 0) is 11.3 Å². The summed E-state index contributed by atoms with van der Waals surface area (Å²) in [6.07, 6.45) is 0. The van der Waals surface area contributed by atoms with Gasteiger partial charge in [-0.3, -0.25) is 4.79 Å². The lowest BCUT2D eigenvalue weighted by molar-refractivity contribution is -0.119. The molecule has 0 saturated carbocycles. The van der Waals surface area contributed by atoms with E-state index in [9.17, 15) is 4.79 Å². The maximum absolute atomic E-state index is 11.9. The SMILES string of the molecule is COc1cccc(NCC(=O)NCc2ccccc2OC)c1. The minimum Gasteiger partial charge on any atom is -0.497 e. The van der Waals surface area contributed by atoms with Gasteiger partial charge < -0.3 is 20.1 Å². The van der Waals surface area contributed by atoms with Crippen LogP contribution in [0.4, 0.5) is 5.69 Å². The first-order valence-electron chi connectivity index (χ1n) is 6.99. The molecule has 1 amide bonds. The lowest BCUT2D eigenvalue weighted by Crippen LogP contribution is -2.29. The molecule has 0 aliphatic heterocycles. The molecule has 0 bridgehead atoms. The van der Waals surface area contributed by atoms with Crippen molar-refractivity contribution in [2.75, 3.05) is 26.1 Å². The number of hydrogen-bond acceptors (Lipinski definition) is 4. The maximum Gasteiger partial charge on any atom is 0.239 e. The highest BCUT2D eigenvalue weighted by Crippen LogP contribution is 2.17. The number of benzene rings is 2. The Hall–Kier alpha value is -2.69. The van der Waals surface area contributed by atoms with Gasteiger partial charge >= 0.3 is 0 Å². The molecule has 5 nitrogen and oxygen atoms in total. The molecule has 0 spiro atoms. The minimum atomic E-state index is -0.0891. The number of nitrogens with one attached hydrogen (secondary N) is 2. The number of ether oxygens (including phenoxy) is 2. The van der Waals surface area contributed by atoms with Crippen LogP contribution < -0.4 is 20.1 Å². The molecule has 2 aromatic rings. The van der Waals surface area contributed by atoms with Gasteiger partial charge in [0.15, 0.2) is 0 Å². The van der Waals surface area contributed by atoms with Crippen molar-refractivity contribution < 1.29 is 14.3 Å². The zero-order valence-electron chi connectivity index (χ0n) is 12.8. The summed E-state index contributed by atoms with van der Waals surface area (Å²) in [6.45, 7) is 0.630. The van der Waals surface area contributed by atoms with Gasteiger partial charge in [-0.1, -0.05) is 24.3 Å². The molecule has 0 fully saturated rings. The molecule has 5 heteroatoms. The Labute approximate surface area is 130 Å². The molecule has 0 unspecified atom stereocenters. The van der Waals surface area contributed by atoms with Gasteiger partial charge in [0.1, 0.15) is 11.5 Å². The standard InChI is InChI=1S/C17H20N2O3/c1-21-15-8-5-7-14(10-15)18-12-17(20)19-11-13-6-3-4-9-16(13)22-2/h3-10,18H,11-12H2,1-2H3,(H,19,20). The topological polar surface area (TPSA) is 59.6 Å². The van der Waals surface area contributed by atoms with E-state index in [1.807, 2.05) is 48.5 Å². The van der Waals surface area contributed by atoms with Gasteiger partial charge in [-0.05, 0) is 18.2 Å². The highest BCUT2D eigenvalue weighted by atomic mass is 16.5. The number of rotatable bonds is 7. The largest absolute Gasteiger partial charge is 0.497 e. The van der Waals surface area contributed by atoms with Gasteiger partial charge in [0, 0.05) is 23.9 Å². The fourth-order valence-electron chi connectivity index (χ4n) is 2.02. The van der Waals surface area contributed by atoms with Gasteiger partial charge in [0.25, 0.3) is 0 Å². The first-order chi connectivity index (χ1) is 10.7. The Morgan fingerprint density at radius 3 is 2.64 bits per heavy atom. The molecule has 0 aromatic heterocycles. The smallest absolute Gasteiger partial charge is 0.239 e. The third kappa shape index (κ3) is 4.41. The van der Waals surface area contributed by atoms with Crippen molar-refractivity contribution in [3.05, 3.63) is 54.1 Å². The number of amides is 1. The fourth-order valence-corrected chi connectivity index (χ4v) is 2.02. The number of anilines is 1. The number of hydrogen-bond donors (Lipinski definition) is 2. The second kappa shape index (κ2) is 7.93. The van der Waals surface area contributed by atoms with E-state index in [2.05, 4.69) is 10.6 Å². The van der Waals surface area contributed by atoms with Crippen molar-refractivity contribution in [1.29, 1.82) is 0 Å². The molecule has 0 atom stereocenters. The quantitative estimate of drug-likeness (QED) is 0.824. The van der Waals surface area contributed by atoms with Crippen molar-refractivity contribution in [3.63, 3.8) is 0 Å². The van der Waals surface area contributed by atoms with Gasteiger partial charge in [-0.2, -0.15) is 0 Å². The zero-order valence-corrected chi connectivity index (χ0v) is 12.8. The first-order valence-corrected chi connectivity index (χ1v) is 6.99. The van der Waals surface area contributed by atoms with Crippen molar-refractivity contribution in [2.24, 2.45) is 0 Å². The van der Waals surface area contributed by atoms with E-state index in [1.165, 1.54) is 0 Å². The van der Waals surface area contributed by atoms with Crippen LogP contribution in [0.3, 0.4) is 0 Å². The molecule has 116 valence electrons. The van der Waals surface area contributed by atoms with Crippen molar-refractivity contribution in [1.82, 2.24) is 5.32 Å². The average Bonchev–Trinajstić information content (AvgIpc) is 2.58. The predicted molar refractivity (Wildman–Crippen MR) is 86.3 cm³/mol. The van der Waals surface area contributed by atoms with E-state index in [0.29, 0.717) is 6.54 Å². The summed E-state index contributed by atoms with van der Waals surface area (Å²) in [7, 11) is 3.23. The van der Waals surface area contributed by atoms with E-state index in [-0.39, 0.29) is 12.5 Å². The zero-order chi connectivity index (χ0) is 15.8. The van der Waals surface area contributed by atoms with Crippen LogP contribution in [0, 0.1) is 0 Å². The second-order valence-electron chi connectivity index (χ2n) is 4.67. The highest BCUT2D eigenvalue weighted by Gasteiger charge is 2.05. The molecule has 0 saturated heterocycles. The van der Waals surface area contributed by atoms with E-state index < -0.39 is 0 Å². The van der Waals surface area contributed by atoms with E-state index in [4.69, 9.17) is 9.47 Å². The summed E-state index contributed by atoms with van der Waals surface area (Å²) in [5.41, 5.74) is 1.78. The van der Waals surface area contributed by atoms with Crippen LogP contribution in [0.1, 0.15) is 5.56 Å². The number of methoxy groups -OCH3 is 2. The first kappa shape index (κ1) is 15.7. The molecule has 22 heavy (non-hydrogen) atoms. The molecule has 0 aliphatic carbocycles. The van der Waals surface area contributed by atoms with Crippen LogP contribution in [0.25, 0.3) is 0 Å². The van der Waals surface area contributed by atoms with Gasteiger partial charge in [-0.25, -0.2) is 0 Å². The van der Waals surface area contributed by atoms with Crippen LogP contribution in [0.15, 0.2) is 48.5 Å². The fraction of sp³-hybridized carbons (Fsp3) is 0.235. The Morgan fingerprint density at radius 2 is 1.86 bits per heavy atom. The lowest BCUT2D eigenvalue weighted by Gasteiger charge is -2.11. The summed E-state index contributed by atoms with van der Waals surface area (Å²) < 4.78 is 10.4. The highest BCUT2D eigenvalue weighted by molar-refractivity contribution is 5.80. The molecule has 2 rings (SSSR count). The van der Waals surface area contributed by atoms with Crippen molar-refractivity contribution >= 4 is 11.6 Å². The molecular formula is C17H20N2O3. The summed E-state index contributed by atoms with van der Waals surface area (Å²) in [5.74, 6) is 1.43. The summed E-state index contributed by atoms with van der Waals surface area (Å²) >= 11 is 0. The van der Waals surface area contributed by atoms with E-state index in [0.717, 1.165) is 22.7 Å². The van der Waals surface area contributed by atoms with Gasteiger partial charge in [0.2, 0.25) is 5.91 Å². The molecule has 0 radical (unpaired) electrons. The monoisotopic (exact) mass is 300 g/mol. The molecule has 2 aromatic carbocycles. The molecular weight excluding hydrogens is 280 g/mol. The van der Waals surface area contributed by atoms with Gasteiger partial charge in [0.05, 0.1) is 20.8 Å². The molecule has 0 heterocycles. The molecule has 0 aliphatic rings. The van der Waals surface area contributed by atoms with Crippen LogP contribution in [0.5, 0.6) is 11.5 Å². The summed E-state index contributed by atoms with van der Waals surface area (Å²) in [4.78, 5) is 11.9. The summed E-state index contributed by atoms with van der Waals surface area (Å²) in [5, 5.41) is 5.92. The normalized spacial score (nSPS) is 9.91. The number of para-hydroxylation sites is 1.